The number of ether oxygens (including phenoxy) is 3. The molecule has 0 atom stereocenters. The monoisotopic (exact) mass is 424 g/mol. The molecule has 2 aromatic carbocycles. The Morgan fingerprint density at radius 1 is 0.806 bits per heavy atom. The zero-order valence-corrected chi connectivity index (χ0v) is 19.4. The van der Waals surface area contributed by atoms with Crippen molar-refractivity contribution in [3.63, 3.8) is 0 Å². The molecule has 0 amide bonds. The van der Waals surface area contributed by atoms with Crippen LogP contribution in [0, 0.1) is 6.92 Å². The van der Waals surface area contributed by atoms with Crippen LogP contribution in [0.25, 0.3) is 6.08 Å². The Morgan fingerprint density at radius 3 is 2.06 bits per heavy atom. The first-order valence-corrected chi connectivity index (χ1v) is 11.4. The Labute approximate surface area is 187 Å². The molecule has 2 rings (SSSR count). The fourth-order valence-electron chi connectivity index (χ4n) is 2.95. The number of ketones is 1. The average Bonchev–Trinajstić information content (AvgIpc) is 2.78. The zero-order valence-electron chi connectivity index (χ0n) is 19.4. The molecule has 0 aromatic heterocycles. The van der Waals surface area contributed by atoms with E-state index >= 15 is 0 Å². The highest BCUT2D eigenvalue weighted by molar-refractivity contribution is 6.07. The standard InChI is InChI=1S/C27H36O4/c1-5-8-17-30-26-20-27(31-18-9-6-2)23(19-21(26)4)12-15-25(28)22-10-13-24(14-11-22)29-16-7-3/h10-15,19-20H,5-9,16-18H2,1-4H3. The maximum Gasteiger partial charge on any atom is 0.185 e. The van der Waals surface area contributed by atoms with E-state index in [9.17, 15) is 4.79 Å². The molecule has 0 fully saturated rings. The molecule has 168 valence electrons. The molecule has 0 radical (unpaired) electrons. The Balaban J connectivity index is 2.17. The highest BCUT2D eigenvalue weighted by Crippen LogP contribution is 2.30. The van der Waals surface area contributed by atoms with Gasteiger partial charge in [-0.15, -0.1) is 0 Å². The first-order chi connectivity index (χ1) is 15.1. The van der Waals surface area contributed by atoms with Gasteiger partial charge in [-0.25, -0.2) is 0 Å². The molecule has 0 saturated carbocycles. The molecule has 0 aliphatic carbocycles. The first-order valence-electron chi connectivity index (χ1n) is 11.4. The maximum absolute atomic E-state index is 12.6. The van der Waals surface area contributed by atoms with Crippen molar-refractivity contribution in [1.29, 1.82) is 0 Å². The minimum Gasteiger partial charge on any atom is -0.494 e. The summed E-state index contributed by atoms with van der Waals surface area (Å²) in [5.41, 5.74) is 2.54. The Hall–Kier alpha value is -2.75. The van der Waals surface area contributed by atoms with Crippen LogP contribution in [0.2, 0.25) is 0 Å². The summed E-state index contributed by atoms with van der Waals surface area (Å²) in [6.07, 6.45) is 8.53. The molecule has 0 N–H and O–H groups in total. The van der Waals surface area contributed by atoms with Gasteiger partial charge in [-0.05, 0) is 74.2 Å². The van der Waals surface area contributed by atoms with E-state index in [1.807, 2.05) is 37.3 Å². The SMILES string of the molecule is CCCCOc1cc(OCCCC)c(C=CC(=O)c2ccc(OCCC)cc2)cc1C. The topological polar surface area (TPSA) is 44.8 Å². The Morgan fingerprint density at radius 2 is 1.45 bits per heavy atom. The summed E-state index contributed by atoms with van der Waals surface area (Å²) in [7, 11) is 0. The largest absolute Gasteiger partial charge is 0.494 e. The summed E-state index contributed by atoms with van der Waals surface area (Å²) in [5, 5.41) is 0. The maximum atomic E-state index is 12.6. The first kappa shape index (κ1) is 24.5. The van der Waals surface area contributed by atoms with Crippen LogP contribution in [-0.4, -0.2) is 25.6 Å². The molecule has 0 bridgehead atoms. The smallest absolute Gasteiger partial charge is 0.185 e. The fraction of sp³-hybridized carbons (Fsp3) is 0.444. The van der Waals surface area contributed by atoms with Crippen molar-refractivity contribution in [3.05, 3.63) is 59.2 Å². The van der Waals surface area contributed by atoms with Gasteiger partial charge in [0.1, 0.15) is 17.2 Å². The molecule has 0 saturated heterocycles. The van der Waals surface area contributed by atoms with Crippen molar-refractivity contribution in [2.24, 2.45) is 0 Å². The second-order valence-corrected chi connectivity index (χ2v) is 7.63. The van der Waals surface area contributed by atoms with E-state index in [0.29, 0.717) is 25.4 Å². The van der Waals surface area contributed by atoms with Crippen molar-refractivity contribution in [2.75, 3.05) is 19.8 Å². The van der Waals surface area contributed by atoms with Crippen LogP contribution in [0.3, 0.4) is 0 Å². The number of hydrogen-bond acceptors (Lipinski definition) is 4. The van der Waals surface area contributed by atoms with Crippen molar-refractivity contribution in [1.82, 2.24) is 0 Å². The van der Waals surface area contributed by atoms with E-state index in [4.69, 9.17) is 14.2 Å². The number of hydrogen-bond donors (Lipinski definition) is 0. The van der Waals surface area contributed by atoms with Crippen LogP contribution in [0.1, 0.15) is 74.4 Å². The van der Waals surface area contributed by atoms with Crippen LogP contribution < -0.4 is 14.2 Å². The zero-order chi connectivity index (χ0) is 22.5. The average molecular weight is 425 g/mol. The number of carbonyl (C=O) groups excluding carboxylic acids is 1. The van der Waals surface area contributed by atoms with E-state index in [2.05, 4.69) is 20.8 Å². The van der Waals surface area contributed by atoms with Gasteiger partial charge < -0.3 is 14.2 Å². The molecule has 0 aliphatic rings. The lowest BCUT2D eigenvalue weighted by Crippen LogP contribution is -2.02. The minimum absolute atomic E-state index is 0.0533. The number of carbonyl (C=O) groups is 1. The number of aryl methyl sites for hydroxylation is 1. The molecule has 4 nitrogen and oxygen atoms in total. The highest BCUT2D eigenvalue weighted by Gasteiger charge is 2.10. The van der Waals surface area contributed by atoms with Gasteiger partial charge in [0.25, 0.3) is 0 Å². The van der Waals surface area contributed by atoms with Crippen LogP contribution in [0.15, 0.2) is 42.5 Å². The minimum atomic E-state index is -0.0533. The van der Waals surface area contributed by atoms with Crippen LogP contribution in [0.4, 0.5) is 0 Å². The third-order valence-corrected chi connectivity index (χ3v) is 4.84. The number of allylic oxidation sites excluding steroid dienone is 1. The van der Waals surface area contributed by atoms with E-state index in [-0.39, 0.29) is 5.78 Å². The molecular formula is C27H36O4. The van der Waals surface area contributed by atoms with Crippen molar-refractivity contribution in [3.8, 4) is 17.2 Å². The van der Waals surface area contributed by atoms with E-state index < -0.39 is 0 Å². The predicted molar refractivity (Wildman–Crippen MR) is 128 cm³/mol. The van der Waals surface area contributed by atoms with Gasteiger partial charge in [-0.2, -0.15) is 0 Å². The van der Waals surface area contributed by atoms with Crippen LogP contribution >= 0.6 is 0 Å². The molecule has 4 heteroatoms. The number of rotatable bonds is 14. The summed E-state index contributed by atoms with van der Waals surface area (Å²) in [6, 6.07) is 11.2. The van der Waals surface area contributed by atoms with Gasteiger partial charge in [-0.3, -0.25) is 4.79 Å². The van der Waals surface area contributed by atoms with Gasteiger partial charge in [0.2, 0.25) is 0 Å². The summed E-state index contributed by atoms with van der Waals surface area (Å²) >= 11 is 0. The fourth-order valence-corrected chi connectivity index (χ4v) is 2.95. The summed E-state index contributed by atoms with van der Waals surface area (Å²) in [6.45, 7) is 10.4. The summed E-state index contributed by atoms with van der Waals surface area (Å²) in [5.74, 6) is 2.31. The predicted octanol–water partition coefficient (Wildman–Crippen LogP) is 7.04. The highest BCUT2D eigenvalue weighted by atomic mass is 16.5. The molecule has 0 heterocycles. The molecule has 31 heavy (non-hydrogen) atoms. The van der Waals surface area contributed by atoms with Crippen LogP contribution in [-0.2, 0) is 0 Å². The third-order valence-electron chi connectivity index (χ3n) is 4.84. The quantitative estimate of drug-likeness (QED) is 0.185. The summed E-state index contributed by atoms with van der Waals surface area (Å²) < 4.78 is 17.5. The molecule has 0 unspecified atom stereocenters. The van der Waals surface area contributed by atoms with E-state index in [1.165, 1.54) is 0 Å². The lowest BCUT2D eigenvalue weighted by Gasteiger charge is -2.14. The third kappa shape index (κ3) is 8.12. The van der Waals surface area contributed by atoms with Crippen LogP contribution in [0.5, 0.6) is 17.2 Å². The lowest BCUT2D eigenvalue weighted by atomic mass is 10.1. The second-order valence-electron chi connectivity index (χ2n) is 7.63. The normalized spacial score (nSPS) is 11.0. The van der Waals surface area contributed by atoms with E-state index in [1.54, 1.807) is 18.2 Å². The van der Waals surface area contributed by atoms with Gasteiger partial charge in [-0.1, -0.05) is 33.6 Å². The van der Waals surface area contributed by atoms with Crippen molar-refractivity contribution < 1.29 is 19.0 Å². The molecule has 2 aromatic rings. The van der Waals surface area contributed by atoms with Gasteiger partial charge in [0.15, 0.2) is 5.78 Å². The number of unbranched alkanes of at least 4 members (excludes halogenated alkanes) is 2. The van der Waals surface area contributed by atoms with Gasteiger partial charge in [0.05, 0.1) is 19.8 Å². The number of benzene rings is 2. The summed E-state index contributed by atoms with van der Waals surface area (Å²) in [4.78, 5) is 12.6. The lowest BCUT2D eigenvalue weighted by molar-refractivity contribution is 0.104. The van der Waals surface area contributed by atoms with Crippen molar-refractivity contribution in [2.45, 2.75) is 59.8 Å². The van der Waals surface area contributed by atoms with Crippen molar-refractivity contribution >= 4 is 11.9 Å². The van der Waals surface area contributed by atoms with Gasteiger partial charge in [0, 0.05) is 17.2 Å². The van der Waals surface area contributed by atoms with E-state index in [0.717, 1.165) is 60.5 Å². The molecular weight excluding hydrogens is 388 g/mol. The second kappa shape index (κ2) is 13.5. The van der Waals surface area contributed by atoms with Gasteiger partial charge >= 0.3 is 0 Å². The molecule has 0 aliphatic heterocycles. The Bertz CT molecular complexity index is 837. The Kier molecular flexibility index (Phi) is 10.7. The molecule has 0 spiro atoms.